The number of hydrogen-bond donors (Lipinski definition) is 1. The van der Waals surface area contributed by atoms with E-state index in [9.17, 15) is 0 Å². The number of aromatic nitrogens is 2. The fourth-order valence-electron chi connectivity index (χ4n) is 1.59. The van der Waals surface area contributed by atoms with Crippen LogP contribution in [0, 0.1) is 0 Å². The van der Waals surface area contributed by atoms with Crippen molar-refractivity contribution in [2.45, 2.75) is 6.04 Å². The average Bonchev–Trinajstić information content (AvgIpc) is 2.47. The summed E-state index contributed by atoms with van der Waals surface area (Å²) in [6.07, 6.45) is 3.40. The number of methoxy groups -OCH3 is 2. The molecular formula is C13H15N3O2. The molecular weight excluding hydrogens is 230 g/mol. The molecule has 0 fully saturated rings. The summed E-state index contributed by atoms with van der Waals surface area (Å²) in [6.45, 7) is 0. The molecule has 18 heavy (non-hydrogen) atoms. The highest BCUT2D eigenvalue weighted by molar-refractivity contribution is 5.31. The zero-order chi connectivity index (χ0) is 13.0. The lowest BCUT2D eigenvalue weighted by Crippen LogP contribution is -2.12. The van der Waals surface area contributed by atoms with Crippen LogP contribution in [-0.2, 0) is 0 Å². The third-order valence-corrected chi connectivity index (χ3v) is 2.65. The van der Waals surface area contributed by atoms with Crippen LogP contribution < -0.4 is 15.2 Å². The van der Waals surface area contributed by atoms with Crippen LogP contribution in [0.25, 0.3) is 0 Å². The molecule has 0 saturated carbocycles. The smallest absolute Gasteiger partial charge is 0.212 e. The third kappa shape index (κ3) is 2.57. The van der Waals surface area contributed by atoms with Gasteiger partial charge in [-0.3, -0.25) is 0 Å². The van der Waals surface area contributed by atoms with E-state index in [4.69, 9.17) is 15.2 Å². The lowest BCUT2D eigenvalue weighted by Gasteiger charge is -2.12. The summed E-state index contributed by atoms with van der Waals surface area (Å²) in [5, 5.41) is 0. The van der Waals surface area contributed by atoms with Gasteiger partial charge in [-0.2, -0.15) is 0 Å². The average molecular weight is 245 g/mol. The van der Waals surface area contributed by atoms with E-state index >= 15 is 0 Å². The molecule has 2 rings (SSSR count). The highest BCUT2D eigenvalue weighted by Crippen LogP contribution is 2.20. The molecule has 0 unspecified atom stereocenters. The molecule has 0 bridgehead atoms. The van der Waals surface area contributed by atoms with Crippen LogP contribution in [0.5, 0.6) is 11.8 Å². The molecule has 0 aliphatic heterocycles. The Labute approximate surface area is 106 Å². The van der Waals surface area contributed by atoms with Gasteiger partial charge >= 0.3 is 0 Å². The molecule has 0 atom stereocenters. The number of nitrogens with zero attached hydrogens (tertiary/aromatic N) is 2. The lowest BCUT2D eigenvalue weighted by atomic mass is 10.0. The van der Waals surface area contributed by atoms with Crippen molar-refractivity contribution in [1.29, 1.82) is 0 Å². The van der Waals surface area contributed by atoms with E-state index < -0.39 is 0 Å². The summed E-state index contributed by atoms with van der Waals surface area (Å²) in [5.41, 5.74) is 7.95. The summed E-state index contributed by atoms with van der Waals surface area (Å²) in [5.74, 6) is 1.14. The van der Waals surface area contributed by atoms with Gasteiger partial charge in [-0.25, -0.2) is 9.97 Å². The maximum Gasteiger partial charge on any atom is 0.212 e. The summed E-state index contributed by atoms with van der Waals surface area (Å²) in [7, 11) is 3.16. The molecule has 2 aromatic rings. The first-order valence-corrected chi connectivity index (χ1v) is 5.50. The van der Waals surface area contributed by atoms with E-state index in [0.717, 1.165) is 11.1 Å². The van der Waals surface area contributed by atoms with Gasteiger partial charge in [-0.05, 0) is 11.1 Å². The van der Waals surface area contributed by atoms with Crippen molar-refractivity contribution in [1.82, 2.24) is 9.97 Å². The second kappa shape index (κ2) is 5.46. The van der Waals surface area contributed by atoms with Gasteiger partial charge in [0.15, 0.2) is 0 Å². The molecule has 5 nitrogen and oxygen atoms in total. The summed E-state index contributed by atoms with van der Waals surface area (Å²) in [6, 6.07) is 7.08. The minimum absolute atomic E-state index is 0.262. The molecule has 0 amide bonds. The minimum Gasteiger partial charge on any atom is -0.481 e. The van der Waals surface area contributed by atoms with E-state index in [1.54, 1.807) is 38.7 Å². The fraction of sp³-hybridized carbons (Fsp3) is 0.231. The first-order chi connectivity index (χ1) is 8.74. The highest BCUT2D eigenvalue weighted by atomic mass is 16.5. The van der Waals surface area contributed by atoms with Crippen LogP contribution in [-0.4, -0.2) is 24.2 Å². The zero-order valence-electron chi connectivity index (χ0n) is 10.3. The van der Waals surface area contributed by atoms with E-state index in [1.807, 2.05) is 12.1 Å². The predicted molar refractivity (Wildman–Crippen MR) is 67.6 cm³/mol. The normalized spacial score (nSPS) is 10.4. The van der Waals surface area contributed by atoms with Crippen molar-refractivity contribution >= 4 is 0 Å². The van der Waals surface area contributed by atoms with E-state index in [0.29, 0.717) is 11.8 Å². The molecule has 94 valence electrons. The molecule has 0 aromatic carbocycles. The minimum atomic E-state index is -0.262. The molecule has 0 saturated heterocycles. The monoisotopic (exact) mass is 245 g/mol. The quantitative estimate of drug-likeness (QED) is 0.884. The predicted octanol–water partition coefficient (Wildman–Crippen LogP) is 1.54. The van der Waals surface area contributed by atoms with Gasteiger partial charge in [-0.15, -0.1) is 0 Å². The second-order valence-corrected chi connectivity index (χ2v) is 3.75. The van der Waals surface area contributed by atoms with Crippen molar-refractivity contribution < 1.29 is 9.47 Å². The van der Waals surface area contributed by atoms with Crippen LogP contribution in [0.1, 0.15) is 17.2 Å². The Morgan fingerprint density at radius 2 is 1.33 bits per heavy atom. The number of nitrogens with two attached hydrogens (primary N) is 1. The number of hydrogen-bond acceptors (Lipinski definition) is 5. The standard InChI is InChI=1S/C13H15N3O2/c1-17-11-5-3-9(7-15-11)13(14)10-4-6-12(18-2)16-8-10/h3-8,13H,14H2,1-2H3. The largest absolute Gasteiger partial charge is 0.481 e. The number of rotatable bonds is 4. The molecule has 0 radical (unpaired) electrons. The Hall–Kier alpha value is -2.14. The summed E-state index contributed by atoms with van der Waals surface area (Å²) in [4.78, 5) is 8.26. The van der Waals surface area contributed by atoms with E-state index in [2.05, 4.69) is 9.97 Å². The molecule has 0 aliphatic rings. The maximum atomic E-state index is 6.14. The van der Waals surface area contributed by atoms with Crippen LogP contribution in [0.4, 0.5) is 0 Å². The molecule has 0 spiro atoms. The molecule has 2 heterocycles. The fourth-order valence-corrected chi connectivity index (χ4v) is 1.59. The van der Waals surface area contributed by atoms with Crippen molar-refractivity contribution in [2.75, 3.05) is 14.2 Å². The topological polar surface area (TPSA) is 70.3 Å². The Morgan fingerprint density at radius 1 is 0.889 bits per heavy atom. The van der Waals surface area contributed by atoms with Crippen molar-refractivity contribution in [3.05, 3.63) is 47.8 Å². The van der Waals surface area contributed by atoms with Crippen molar-refractivity contribution in [3.63, 3.8) is 0 Å². The van der Waals surface area contributed by atoms with Gasteiger partial charge in [0.05, 0.1) is 20.3 Å². The van der Waals surface area contributed by atoms with E-state index in [-0.39, 0.29) is 6.04 Å². The molecule has 2 aromatic heterocycles. The van der Waals surface area contributed by atoms with Gasteiger partial charge in [0.2, 0.25) is 11.8 Å². The van der Waals surface area contributed by atoms with Crippen molar-refractivity contribution in [2.24, 2.45) is 5.73 Å². The lowest BCUT2D eigenvalue weighted by molar-refractivity contribution is 0.397. The Balaban J connectivity index is 2.20. The van der Waals surface area contributed by atoms with Gasteiger partial charge in [-0.1, -0.05) is 12.1 Å². The second-order valence-electron chi connectivity index (χ2n) is 3.75. The molecule has 0 aliphatic carbocycles. The Morgan fingerprint density at radius 3 is 1.61 bits per heavy atom. The van der Waals surface area contributed by atoms with Crippen molar-refractivity contribution in [3.8, 4) is 11.8 Å². The number of ether oxygens (including phenoxy) is 2. The van der Waals surface area contributed by atoms with Crippen LogP contribution in [0.2, 0.25) is 0 Å². The Kier molecular flexibility index (Phi) is 3.74. The first kappa shape index (κ1) is 12.3. The zero-order valence-corrected chi connectivity index (χ0v) is 10.3. The first-order valence-electron chi connectivity index (χ1n) is 5.50. The van der Waals surface area contributed by atoms with Gasteiger partial charge in [0, 0.05) is 24.5 Å². The van der Waals surface area contributed by atoms with Gasteiger partial charge in [0.1, 0.15) is 0 Å². The Bertz CT molecular complexity index is 449. The van der Waals surface area contributed by atoms with Gasteiger partial charge in [0.25, 0.3) is 0 Å². The maximum absolute atomic E-state index is 6.14. The highest BCUT2D eigenvalue weighted by Gasteiger charge is 2.10. The summed E-state index contributed by atoms with van der Waals surface area (Å²) >= 11 is 0. The third-order valence-electron chi connectivity index (χ3n) is 2.65. The van der Waals surface area contributed by atoms with Crippen LogP contribution >= 0.6 is 0 Å². The molecule has 2 N–H and O–H groups in total. The molecule has 5 heteroatoms. The summed E-state index contributed by atoms with van der Waals surface area (Å²) < 4.78 is 10.0. The van der Waals surface area contributed by atoms with Crippen LogP contribution in [0.3, 0.4) is 0 Å². The number of pyridine rings is 2. The van der Waals surface area contributed by atoms with Crippen LogP contribution in [0.15, 0.2) is 36.7 Å². The van der Waals surface area contributed by atoms with Gasteiger partial charge < -0.3 is 15.2 Å². The van der Waals surface area contributed by atoms with E-state index in [1.165, 1.54) is 0 Å². The SMILES string of the molecule is COc1ccc(C(N)c2ccc(OC)nc2)cn1.